The van der Waals surface area contributed by atoms with Gasteiger partial charge in [-0.25, -0.2) is 0 Å². The maximum Gasteiger partial charge on any atom is 0.119 e. The molecule has 2 nitrogen and oxygen atoms in total. The van der Waals surface area contributed by atoms with Crippen LogP contribution in [0.2, 0.25) is 0 Å². The highest BCUT2D eigenvalue weighted by molar-refractivity contribution is 5.34. The summed E-state index contributed by atoms with van der Waals surface area (Å²) in [5.74, 6) is 0.732. The van der Waals surface area contributed by atoms with Gasteiger partial charge in [-0.1, -0.05) is 42.0 Å². The second kappa shape index (κ2) is 6.77. The first-order valence-corrected chi connectivity index (χ1v) is 6.91. The van der Waals surface area contributed by atoms with Crippen LogP contribution in [-0.4, -0.2) is 6.61 Å². The standard InChI is InChI=1S/C18H19NO/c1-3-20-18-9-7-16(8-10-18)17(13-19)12-15-6-4-5-14(2)11-15/h4-11,17H,3,12H2,1-2H3. The maximum atomic E-state index is 9.40. The quantitative estimate of drug-likeness (QED) is 0.810. The summed E-state index contributed by atoms with van der Waals surface area (Å²) < 4.78 is 5.43. The van der Waals surface area contributed by atoms with E-state index in [0.717, 1.165) is 17.7 Å². The van der Waals surface area contributed by atoms with Gasteiger partial charge in [-0.15, -0.1) is 0 Å². The van der Waals surface area contributed by atoms with Crippen molar-refractivity contribution in [3.05, 3.63) is 65.2 Å². The van der Waals surface area contributed by atoms with E-state index in [1.165, 1.54) is 11.1 Å². The zero-order chi connectivity index (χ0) is 14.4. The number of ether oxygens (including phenoxy) is 1. The van der Waals surface area contributed by atoms with Crippen molar-refractivity contribution < 1.29 is 4.74 Å². The van der Waals surface area contributed by atoms with Crippen LogP contribution in [0.4, 0.5) is 0 Å². The first-order valence-electron chi connectivity index (χ1n) is 6.91. The minimum atomic E-state index is -0.118. The zero-order valence-corrected chi connectivity index (χ0v) is 12.0. The van der Waals surface area contributed by atoms with E-state index in [2.05, 4.69) is 31.2 Å². The van der Waals surface area contributed by atoms with Crippen molar-refractivity contribution in [2.75, 3.05) is 6.61 Å². The minimum absolute atomic E-state index is 0.118. The molecular formula is C18H19NO. The van der Waals surface area contributed by atoms with E-state index in [9.17, 15) is 5.26 Å². The van der Waals surface area contributed by atoms with Crippen molar-refractivity contribution in [2.45, 2.75) is 26.2 Å². The van der Waals surface area contributed by atoms with Crippen LogP contribution >= 0.6 is 0 Å². The van der Waals surface area contributed by atoms with Gasteiger partial charge in [-0.2, -0.15) is 5.26 Å². The van der Waals surface area contributed by atoms with E-state index < -0.39 is 0 Å². The normalized spacial score (nSPS) is 11.7. The average molecular weight is 265 g/mol. The Labute approximate surface area is 120 Å². The molecule has 0 fully saturated rings. The molecule has 0 aliphatic carbocycles. The summed E-state index contributed by atoms with van der Waals surface area (Å²) in [5, 5.41) is 9.40. The topological polar surface area (TPSA) is 33.0 Å². The highest BCUT2D eigenvalue weighted by Crippen LogP contribution is 2.23. The van der Waals surface area contributed by atoms with Crippen LogP contribution in [0.25, 0.3) is 0 Å². The molecule has 0 amide bonds. The Morgan fingerprint density at radius 3 is 2.50 bits per heavy atom. The summed E-state index contributed by atoms with van der Waals surface area (Å²) in [6, 6.07) is 18.5. The van der Waals surface area contributed by atoms with E-state index >= 15 is 0 Å². The lowest BCUT2D eigenvalue weighted by Gasteiger charge is -2.11. The van der Waals surface area contributed by atoms with Gasteiger partial charge in [0.1, 0.15) is 5.75 Å². The molecule has 1 atom stereocenters. The molecule has 1 unspecified atom stereocenters. The molecule has 0 saturated carbocycles. The number of hydrogen-bond donors (Lipinski definition) is 0. The monoisotopic (exact) mass is 265 g/mol. The summed E-state index contributed by atoms with van der Waals surface area (Å²) in [4.78, 5) is 0. The lowest BCUT2D eigenvalue weighted by atomic mass is 9.92. The van der Waals surface area contributed by atoms with Crippen molar-refractivity contribution in [3.8, 4) is 11.8 Å². The molecule has 0 saturated heterocycles. The molecule has 2 aromatic rings. The van der Waals surface area contributed by atoms with Crippen molar-refractivity contribution in [2.24, 2.45) is 0 Å². The minimum Gasteiger partial charge on any atom is -0.494 e. The van der Waals surface area contributed by atoms with Gasteiger partial charge >= 0.3 is 0 Å². The summed E-state index contributed by atoms with van der Waals surface area (Å²) in [7, 11) is 0. The average Bonchev–Trinajstić information content (AvgIpc) is 2.46. The third-order valence-electron chi connectivity index (χ3n) is 3.27. The Balaban J connectivity index is 2.14. The summed E-state index contributed by atoms with van der Waals surface area (Å²) in [5.41, 5.74) is 3.47. The van der Waals surface area contributed by atoms with Crippen molar-refractivity contribution in [1.82, 2.24) is 0 Å². The number of nitriles is 1. The van der Waals surface area contributed by atoms with E-state index in [4.69, 9.17) is 4.74 Å². The number of rotatable bonds is 5. The molecule has 2 heteroatoms. The molecule has 102 valence electrons. The van der Waals surface area contributed by atoms with E-state index in [1.807, 2.05) is 37.3 Å². The second-order valence-corrected chi connectivity index (χ2v) is 4.88. The first-order chi connectivity index (χ1) is 9.72. The summed E-state index contributed by atoms with van der Waals surface area (Å²) >= 11 is 0. The van der Waals surface area contributed by atoms with Crippen LogP contribution in [0.15, 0.2) is 48.5 Å². The van der Waals surface area contributed by atoms with Crippen LogP contribution in [0.5, 0.6) is 5.75 Å². The molecule has 2 aromatic carbocycles. The van der Waals surface area contributed by atoms with E-state index in [-0.39, 0.29) is 5.92 Å². The Bertz CT molecular complexity index is 596. The smallest absolute Gasteiger partial charge is 0.119 e. The van der Waals surface area contributed by atoms with Gasteiger partial charge in [0.2, 0.25) is 0 Å². The predicted molar refractivity (Wildman–Crippen MR) is 80.8 cm³/mol. The predicted octanol–water partition coefficient (Wildman–Crippen LogP) is 4.24. The molecule has 0 radical (unpaired) electrons. The number of nitrogens with zero attached hydrogens (tertiary/aromatic N) is 1. The SMILES string of the molecule is CCOc1ccc(C(C#N)Cc2cccc(C)c2)cc1. The molecule has 0 spiro atoms. The van der Waals surface area contributed by atoms with Crippen molar-refractivity contribution >= 4 is 0 Å². The zero-order valence-electron chi connectivity index (χ0n) is 12.0. The van der Waals surface area contributed by atoms with Gasteiger partial charge in [-0.05, 0) is 43.5 Å². The van der Waals surface area contributed by atoms with Gasteiger partial charge in [0.25, 0.3) is 0 Å². The Hall–Kier alpha value is -2.27. The fraction of sp³-hybridized carbons (Fsp3) is 0.278. The van der Waals surface area contributed by atoms with Gasteiger partial charge in [-0.3, -0.25) is 0 Å². The Morgan fingerprint density at radius 1 is 1.15 bits per heavy atom. The lowest BCUT2D eigenvalue weighted by Crippen LogP contribution is -2.01. The highest BCUT2D eigenvalue weighted by atomic mass is 16.5. The highest BCUT2D eigenvalue weighted by Gasteiger charge is 2.11. The van der Waals surface area contributed by atoms with Crippen LogP contribution in [-0.2, 0) is 6.42 Å². The maximum absolute atomic E-state index is 9.40. The molecule has 0 aromatic heterocycles. The fourth-order valence-electron chi connectivity index (χ4n) is 2.28. The van der Waals surface area contributed by atoms with Crippen molar-refractivity contribution in [1.29, 1.82) is 5.26 Å². The van der Waals surface area contributed by atoms with Crippen LogP contribution < -0.4 is 4.74 Å². The fourth-order valence-corrected chi connectivity index (χ4v) is 2.28. The molecule has 2 rings (SSSR count). The number of hydrogen-bond acceptors (Lipinski definition) is 2. The number of aryl methyl sites for hydroxylation is 1. The van der Waals surface area contributed by atoms with Crippen molar-refractivity contribution in [3.63, 3.8) is 0 Å². The number of benzene rings is 2. The molecule has 0 N–H and O–H groups in total. The first kappa shape index (κ1) is 14.1. The molecule has 20 heavy (non-hydrogen) atoms. The van der Waals surface area contributed by atoms with Crippen LogP contribution in [0, 0.1) is 18.3 Å². The van der Waals surface area contributed by atoms with Crippen LogP contribution in [0.1, 0.15) is 29.5 Å². The molecule has 0 aliphatic heterocycles. The lowest BCUT2D eigenvalue weighted by molar-refractivity contribution is 0.340. The molecule has 0 bridgehead atoms. The van der Waals surface area contributed by atoms with Gasteiger partial charge < -0.3 is 4.74 Å². The van der Waals surface area contributed by atoms with Gasteiger partial charge in [0, 0.05) is 0 Å². The van der Waals surface area contributed by atoms with E-state index in [1.54, 1.807) is 0 Å². The van der Waals surface area contributed by atoms with Gasteiger partial charge in [0.05, 0.1) is 18.6 Å². The van der Waals surface area contributed by atoms with Gasteiger partial charge in [0.15, 0.2) is 0 Å². The summed E-state index contributed by atoms with van der Waals surface area (Å²) in [6.45, 7) is 4.69. The second-order valence-electron chi connectivity index (χ2n) is 4.88. The van der Waals surface area contributed by atoms with Crippen LogP contribution in [0.3, 0.4) is 0 Å². The third kappa shape index (κ3) is 3.61. The molecule has 0 aliphatic rings. The molecule has 0 heterocycles. The largest absolute Gasteiger partial charge is 0.494 e. The summed E-state index contributed by atoms with van der Waals surface area (Å²) in [6.07, 6.45) is 0.742. The Morgan fingerprint density at radius 2 is 1.90 bits per heavy atom. The third-order valence-corrected chi connectivity index (χ3v) is 3.27. The van der Waals surface area contributed by atoms with E-state index in [0.29, 0.717) is 6.61 Å². The molecular weight excluding hydrogens is 246 g/mol. The Kier molecular flexibility index (Phi) is 4.79.